The van der Waals surface area contributed by atoms with Crippen LogP contribution >= 0.6 is 0 Å². The molecular weight excluding hydrogens is 491 g/mol. The summed E-state index contributed by atoms with van der Waals surface area (Å²) < 4.78 is 30.6. The van der Waals surface area contributed by atoms with E-state index in [0.717, 1.165) is 16.8 Å². The number of ether oxygens (including phenoxy) is 2. The van der Waals surface area contributed by atoms with Crippen molar-refractivity contribution >= 4 is 23.8 Å². The zero-order valence-corrected chi connectivity index (χ0v) is 23.0. The molecule has 9 heteroatoms. The average molecular weight is 531 g/mol. The van der Waals surface area contributed by atoms with E-state index in [-0.39, 0.29) is 25.2 Å². The van der Waals surface area contributed by atoms with Crippen molar-refractivity contribution in [3.8, 4) is 0 Å². The summed E-state index contributed by atoms with van der Waals surface area (Å²) in [7, 11) is 1.88. The number of alkyl halides is 1. The van der Waals surface area contributed by atoms with Crippen LogP contribution in [-0.4, -0.2) is 56.6 Å². The number of halogens is 1. The standard InChI is InChI=1S/C29H39FN2O6/c1-6-25(35)37-15-24(34)28(38-26(36)7-2)16(3)10-19-20-9-8-18-11-22-17(14-31-32(22)5)13-27(18,4)29(20,30)23(33)12-21(19)28/h11,14,16,19-21,23,33H,6-10,12-13,15H2,1-5H3/t16-,19-,20-,21?,23-,27-,28+,29-/m0/s1. The molecule has 38 heavy (non-hydrogen) atoms. The van der Waals surface area contributed by atoms with Crippen LogP contribution in [0.4, 0.5) is 4.39 Å². The molecule has 1 aromatic rings. The lowest BCUT2D eigenvalue weighted by molar-refractivity contribution is -0.209. The highest BCUT2D eigenvalue weighted by Crippen LogP contribution is 2.68. The highest BCUT2D eigenvalue weighted by molar-refractivity contribution is 5.93. The summed E-state index contributed by atoms with van der Waals surface area (Å²) in [4.78, 5) is 38.2. The van der Waals surface area contributed by atoms with E-state index in [0.29, 0.717) is 25.7 Å². The van der Waals surface area contributed by atoms with Gasteiger partial charge in [0.2, 0.25) is 5.78 Å². The minimum Gasteiger partial charge on any atom is -0.457 e. The first-order valence-electron chi connectivity index (χ1n) is 13.9. The molecule has 208 valence electrons. The van der Waals surface area contributed by atoms with Crippen LogP contribution in [0.2, 0.25) is 0 Å². The number of fused-ring (bicyclic) bond motifs is 6. The number of aliphatic hydroxyl groups excluding tert-OH is 1. The van der Waals surface area contributed by atoms with Crippen molar-refractivity contribution in [1.29, 1.82) is 0 Å². The lowest BCUT2D eigenvalue weighted by Crippen LogP contribution is -2.67. The molecule has 1 heterocycles. The van der Waals surface area contributed by atoms with Gasteiger partial charge in [0, 0.05) is 37.1 Å². The van der Waals surface area contributed by atoms with Gasteiger partial charge in [-0.1, -0.05) is 33.3 Å². The molecule has 0 aliphatic heterocycles. The molecule has 0 amide bonds. The molecular formula is C29H39FN2O6. The summed E-state index contributed by atoms with van der Waals surface area (Å²) in [6.07, 6.45) is 4.82. The third-order valence-electron chi connectivity index (χ3n) is 10.3. The zero-order valence-electron chi connectivity index (χ0n) is 23.0. The Morgan fingerprint density at radius 1 is 1.18 bits per heavy atom. The van der Waals surface area contributed by atoms with Crippen LogP contribution in [-0.2, 0) is 37.3 Å². The van der Waals surface area contributed by atoms with E-state index in [4.69, 9.17) is 9.47 Å². The van der Waals surface area contributed by atoms with Crippen LogP contribution in [0.25, 0.3) is 6.08 Å². The SMILES string of the molecule is CCC(=O)OCC(=O)[C@]1(OC(=O)CC)C2C[C@H](O)[C@@]3(F)[C@@H](CCC4=Cc5c(cnn5C)C[C@@]43C)[C@@H]2C[C@@H]1C. The second kappa shape index (κ2) is 9.28. The van der Waals surface area contributed by atoms with Crippen LogP contribution < -0.4 is 0 Å². The highest BCUT2D eigenvalue weighted by atomic mass is 19.1. The van der Waals surface area contributed by atoms with Gasteiger partial charge < -0.3 is 14.6 Å². The van der Waals surface area contributed by atoms with Crippen LogP contribution in [0, 0.1) is 29.1 Å². The van der Waals surface area contributed by atoms with E-state index >= 15 is 4.39 Å². The van der Waals surface area contributed by atoms with E-state index in [2.05, 4.69) is 5.10 Å². The fourth-order valence-electron chi connectivity index (χ4n) is 8.41. The first-order chi connectivity index (χ1) is 17.9. The largest absolute Gasteiger partial charge is 0.457 e. The molecule has 3 fully saturated rings. The van der Waals surface area contributed by atoms with Crippen LogP contribution in [0.3, 0.4) is 0 Å². The summed E-state index contributed by atoms with van der Waals surface area (Å²) >= 11 is 0. The number of aliphatic hydroxyl groups is 1. The highest BCUT2D eigenvalue weighted by Gasteiger charge is 2.73. The Morgan fingerprint density at radius 2 is 1.89 bits per heavy atom. The fraction of sp³-hybridized carbons (Fsp3) is 0.724. The maximum Gasteiger partial charge on any atom is 0.306 e. The quantitative estimate of drug-likeness (QED) is 0.559. The molecule has 8 atom stereocenters. The minimum absolute atomic E-state index is 0.00473. The number of rotatable bonds is 6. The molecule has 4 aliphatic rings. The number of aryl methyl sites for hydroxylation is 1. The van der Waals surface area contributed by atoms with Gasteiger partial charge in [-0.25, -0.2) is 4.39 Å². The monoisotopic (exact) mass is 530 g/mol. The number of carbonyl (C=O) groups excluding carboxylic acids is 3. The average Bonchev–Trinajstić information content (AvgIpc) is 3.38. The number of carbonyl (C=O) groups is 3. The Kier molecular flexibility index (Phi) is 6.60. The zero-order chi connectivity index (χ0) is 27.6. The third kappa shape index (κ3) is 3.56. The van der Waals surface area contributed by atoms with Crippen molar-refractivity contribution in [2.24, 2.45) is 36.1 Å². The van der Waals surface area contributed by atoms with Gasteiger partial charge in [-0.05, 0) is 55.6 Å². The Balaban J connectivity index is 1.53. The summed E-state index contributed by atoms with van der Waals surface area (Å²) in [6.45, 7) is 6.56. The lowest BCUT2D eigenvalue weighted by Gasteiger charge is -2.61. The number of nitrogens with zero attached hydrogens (tertiary/aromatic N) is 2. The van der Waals surface area contributed by atoms with Gasteiger partial charge in [-0.15, -0.1) is 0 Å². The predicted molar refractivity (Wildman–Crippen MR) is 136 cm³/mol. The molecule has 0 radical (unpaired) electrons. The van der Waals surface area contributed by atoms with Crippen molar-refractivity contribution in [3.05, 3.63) is 23.0 Å². The van der Waals surface area contributed by atoms with Gasteiger partial charge >= 0.3 is 11.9 Å². The Labute approximate surface area is 222 Å². The van der Waals surface area contributed by atoms with E-state index in [1.54, 1.807) is 24.7 Å². The molecule has 0 saturated heterocycles. The molecule has 1 N–H and O–H groups in total. The Hall–Kier alpha value is -2.55. The normalized spacial score (nSPS) is 39.2. The molecule has 0 spiro atoms. The summed E-state index contributed by atoms with van der Waals surface area (Å²) in [6, 6.07) is 0. The number of aromatic nitrogens is 2. The van der Waals surface area contributed by atoms with E-state index < -0.39 is 64.9 Å². The molecule has 3 saturated carbocycles. The molecule has 0 aromatic carbocycles. The maximum atomic E-state index is 17.7. The lowest BCUT2D eigenvalue weighted by atomic mass is 9.46. The van der Waals surface area contributed by atoms with Gasteiger partial charge in [0.1, 0.15) is 5.67 Å². The van der Waals surface area contributed by atoms with E-state index in [9.17, 15) is 19.5 Å². The summed E-state index contributed by atoms with van der Waals surface area (Å²) in [5.74, 6) is -3.27. The van der Waals surface area contributed by atoms with Gasteiger partial charge in [0.05, 0.1) is 18.0 Å². The summed E-state index contributed by atoms with van der Waals surface area (Å²) in [5, 5.41) is 16.0. The first-order valence-corrected chi connectivity index (χ1v) is 13.9. The van der Waals surface area contributed by atoms with Gasteiger partial charge in [-0.2, -0.15) is 5.10 Å². The van der Waals surface area contributed by atoms with Crippen LogP contribution in [0.1, 0.15) is 77.5 Å². The molecule has 0 bridgehead atoms. The second-order valence-corrected chi connectivity index (χ2v) is 12.0. The minimum atomic E-state index is -1.91. The van der Waals surface area contributed by atoms with Gasteiger partial charge in [0.15, 0.2) is 12.2 Å². The van der Waals surface area contributed by atoms with Gasteiger partial charge in [-0.3, -0.25) is 19.1 Å². The number of esters is 2. The maximum absolute atomic E-state index is 17.7. The number of hydrogen-bond donors (Lipinski definition) is 1. The third-order valence-corrected chi connectivity index (χ3v) is 10.3. The second-order valence-electron chi connectivity index (χ2n) is 12.0. The van der Waals surface area contributed by atoms with Crippen molar-refractivity contribution in [2.75, 3.05) is 6.61 Å². The number of Topliss-reactive ketones (excluding diaryl/α,β-unsaturated/α-hetero) is 1. The van der Waals surface area contributed by atoms with Crippen LogP contribution in [0.5, 0.6) is 0 Å². The smallest absolute Gasteiger partial charge is 0.306 e. The van der Waals surface area contributed by atoms with Crippen molar-refractivity contribution in [3.63, 3.8) is 0 Å². The molecule has 4 aliphatic carbocycles. The predicted octanol–water partition coefficient (Wildman–Crippen LogP) is 3.74. The molecule has 8 nitrogen and oxygen atoms in total. The van der Waals surface area contributed by atoms with Crippen LogP contribution in [0.15, 0.2) is 11.8 Å². The van der Waals surface area contributed by atoms with Crippen molar-refractivity contribution in [1.82, 2.24) is 9.78 Å². The van der Waals surface area contributed by atoms with Gasteiger partial charge in [0.25, 0.3) is 0 Å². The Bertz CT molecular complexity index is 1190. The Morgan fingerprint density at radius 3 is 2.58 bits per heavy atom. The molecule has 5 rings (SSSR count). The van der Waals surface area contributed by atoms with Crippen molar-refractivity contribution in [2.45, 2.75) is 90.0 Å². The van der Waals surface area contributed by atoms with Crippen molar-refractivity contribution < 1.29 is 33.4 Å². The molecule has 1 unspecified atom stereocenters. The summed E-state index contributed by atoms with van der Waals surface area (Å²) in [5.41, 5.74) is -1.45. The number of ketones is 1. The topological polar surface area (TPSA) is 108 Å². The van der Waals surface area contributed by atoms with E-state index in [1.807, 2.05) is 27.0 Å². The number of allylic oxidation sites excluding steroid dienone is 1. The van der Waals surface area contributed by atoms with E-state index in [1.165, 1.54) is 0 Å². The fourth-order valence-corrected chi connectivity index (χ4v) is 8.41. The molecule has 1 aromatic heterocycles. The number of hydrogen-bond acceptors (Lipinski definition) is 7. The first kappa shape index (κ1) is 27.0.